The summed E-state index contributed by atoms with van der Waals surface area (Å²) >= 11 is 9.04. The van der Waals surface area contributed by atoms with Crippen molar-refractivity contribution in [3.8, 4) is 11.4 Å². The van der Waals surface area contributed by atoms with Crippen LogP contribution < -0.4 is 5.73 Å². The van der Waals surface area contributed by atoms with Crippen LogP contribution in [0.15, 0.2) is 28.7 Å². The largest absolute Gasteiger partial charge is 0.476 e. The fraction of sp³-hybridized carbons (Fsp3) is 0. The van der Waals surface area contributed by atoms with E-state index in [9.17, 15) is 4.79 Å². The molecule has 1 aromatic heterocycles. The van der Waals surface area contributed by atoms with E-state index in [0.717, 1.165) is 4.47 Å². The highest BCUT2D eigenvalue weighted by Gasteiger charge is 2.17. The molecule has 0 bridgehead atoms. The van der Waals surface area contributed by atoms with Crippen molar-refractivity contribution in [3.63, 3.8) is 0 Å². The van der Waals surface area contributed by atoms with Crippen molar-refractivity contribution in [1.29, 1.82) is 0 Å². The number of carboxylic acids is 1. The minimum absolute atomic E-state index is 0.0537. The van der Waals surface area contributed by atoms with Gasteiger partial charge in [0, 0.05) is 10.0 Å². The van der Waals surface area contributed by atoms with E-state index in [1.807, 2.05) is 0 Å². The SMILES string of the molecule is Nc1nc(-c2ccc(Br)cc2)nc(C(=O)O)c1Cl. The Morgan fingerprint density at radius 3 is 2.44 bits per heavy atom. The Hall–Kier alpha value is -1.66. The molecule has 0 radical (unpaired) electrons. The van der Waals surface area contributed by atoms with Gasteiger partial charge in [-0.3, -0.25) is 0 Å². The van der Waals surface area contributed by atoms with Crippen LogP contribution in [-0.2, 0) is 0 Å². The Bertz CT molecular complexity index is 616. The average molecular weight is 329 g/mol. The summed E-state index contributed by atoms with van der Waals surface area (Å²) in [6.07, 6.45) is 0. The van der Waals surface area contributed by atoms with Crippen LogP contribution in [0.25, 0.3) is 11.4 Å². The lowest BCUT2D eigenvalue weighted by Gasteiger charge is -2.05. The number of rotatable bonds is 2. The van der Waals surface area contributed by atoms with Crippen molar-refractivity contribution in [2.75, 3.05) is 5.73 Å². The highest BCUT2D eigenvalue weighted by atomic mass is 79.9. The van der Waals surface area contributed by atoms with E-state index in [0.29, 0.717) is 5.56 Å². The van der Waals surface area contributed by atoms with Gasteiger partial charge in [0.1, 0.15) is 10.8 Å². The highest BCUT2D eigenvalue weighted by Crippen LogP contribution is 2.25. The molecule has 1 heterocycles. The first-order valence-corrected chi connectivity index (χ1v) is 5.98. The summed E-state index contributed by atoms with van der Waals surface area (Å²) in [6, 6.07) is 7.09. The minimum atomic E-state index is -1.24. The van der Waals surface area contributed by atoms with Gasteiger partial charge in [-0.15, -0.1) is 0 Å². The molecule has 0 saturated carbocycles. The summed E-state index contributed by atoms with van der Waals surface area (Å²) in [7, 11) is 0. The molecule has 0 amide bonds. The first-order valence-electron chi connectivity index (χ1n) is 4.81. The van der Waals surface area contributed by atoms with E-state index in [2.05, 4.69) is 25.9 Å². The fourth-order valence-electron chi connectivity index (χ4n) is 1.33. The van der Waals surface area contributed by atoms with Gasteiger partial charge in [-0.2, -0.15) is 0 Å². The van der Waals surface area contributed by atoms with E-state index in [4.69, 9.17) is 22.4 Å². The van der Waals surface area contributed by atoms with Crippen LogP contribution in [0.3, 0.4) is 0 Å². The number of nitrogens with zero attached hydrogens (tertiary/aromatic N) is 2. The van der Waals surface area contributed by atoms with Gasteiger partial charge in [0.05, 0.1) is 0 Å². The van der Waals surface area contributed by atoms with Gasteiger partial charge < -0.3 is 10.8 Å². The van der Waals surface area contributed by atoms with E-state index >= 15 is 0 Å². The number of anilines is 1. The van der Waals surface area contributed by atoms with Crippen molar-refractivity contribution in [2.24, 2.45) is 0 Å². The molecule has 0 fully saturated rings. The first kappa shape index (κ1) is 12.8. The number of nitrogens with two attached hydrogens (primary N) is 1. The number of carbonyl (C=O) groups is 1. The van der Waals surface area contributed by atoms with Crippen LogP contribution in [0.5, 0.6) is 0 Å². The molecule has 7 heteroatoms. The smallest absolute Gasteiger partial charge is 0.356 e. The van der Waals surface area contributed by atoms with Crippen LogP contribution in [0.2, 0.25) is 5.02 Å². The molecule has 2 aromatic rings. The second-order valence-electron chi connectivity index (χ2n) is 3.41. The summed E-state index contributed by atoms with van der Waals surface area (Å²) in [5.74, 6) is -1.07. The zero-order valence-corrected chi connectivity index (χ0v) is 11.2. The number of aromatic nitrogens is 2. The number of carboxylic acid groups (broad SMARTS) is 1. The van der Waals surface area contributed by atoms with Gasteiger partial charge in [-0.05, 0) is 12.1 Å². The fourth-order valence-corrected chi connectivity index (χ4v) is 1.76. The number of nitrogen functional groups attached to an aromatic ring is 1. The molecule has 0 spiro atoms. The van der Waals surface area contributed by atoms with E-state index in [-0.39, 0.29) is 22.4 Å². The molecule has 1 aromatic carbocycles. The van der Waals surface area contributed by atoms with Gasteiger partial charge in [0.15, 0.2) is 11.5 Å². The summed E-state index contributed by atoms with van der Waals surface area (Å²) in [5.41, 5.74) is 5.92. The quantitative estimate of drug-likeness (QED) is 0.885. The highest BCUT2D eigenvalue weighted by molar-refractivity contribution is 9.10. The second-order valence-corrected chi connectivity index (χ2v) is 4.70. The minimum Gasteiger partial charge on any atom is -0.476 e. The number of benzene rings is 1. The van der Waals surface area contributed by atoms with Gasteiger partial charge in [0.2, 0.25) is 0 Å². The zero-order chi connectivity index (χ0) is 13.3. The van der Waals surface area contributed by atoms with Crippen molar-refractivity contribution < 1.29 is 9.90 Å². The molecule has 5 nitrogen and oxygen atoms in total. The maximum atomic E-state index is 11.0. The standard InChI is InChI=1S/C11H7BrClN3O2/c12-6-3-1-5(2-4-6)10-15-8(11(17)18)7(13)9(14)16-10/h1-4H,(H,17,18)(H2,14,15,16). The first-order chi connectivity index (χ1) is 8.49. The maximum absolute atomic E-state index is 11.0. The van der Waals surface area contributed by atoms with E-state index < -0.39 is 5.97 Å². The lowest BCUT2D eigenvalue weighted by atomic mass is 10.2. The van der Waals surface area contributed by atoms with Gasteiger partial charge in [0.25, 0.3) is 0 Å². The Labute approximate surface area is 116 Å². The summed E-state index contributed by atoms with van der Waals surface area (Å²) in [4.78, 5) is 18.8. The topological polar surface area (TPSA) is 89.1 Å². The molecule has 2 rings (SSSR count). The predicted molar refractivity (Wildman–Crippen MR) is 71.5 cm³/mol. The average Bonchev–Trinajstić information content (AvgIpc) is 2.33. The molecule has 0 aliphatic heterocycles. The molecular formula is C11H7BrClN3O2. The molecule has 0 unspecified atom stereocenters. The monoisotopic (exact) mass is 327 g/mol. The summed E-state index contributed by atoms with van der Waals surface area (Å²) in [6.45, 7) is 0. The molecule has 0 aliphatic carbocycles. The molecule has 3 N–H and O–H groups in total. The molecule has 92 valence electrons. The van der Waals surface area contributed by atoms with Gasteiger partial charge >= 0.3 is 5.97 Å². The second kappa shape index (κ2) is 4.91. The zero-order valence-electron chi connectivity index (χ0n) is 8.89. The van der Waals surface area contributed by atoms with Crippen molar-refractivity contribution in [2.45, 2.75) is 0 Å². The molecule has 0 saturated heterocycles. The number of hydrogen-bond donors (Lipinski definition) is 2. The number of aromatic carboxylic acids is 1. The van der Waals surface area contributed by atoms with Gasteiger partial charge in [-0.1, -0.05) is 39.7 Å². The predicted octanol–water partition coefficient (Wildman–Crippen LogP) is 2.84. The van der Waals surface area contributed by atoms with Crippen LogP contribution in [0, 0.1) is 0 Å². The Morgan fingerprint density at radius 2 is 1.89 bits per heavy atom. The van der Waals surface area contributed by atoms with Crippen LogP contribution in [-0.4, -0.2) is 21.0 Å². The summed E-state index contributed by atoms with van der Waals surface area (Å²) in [5, 5.41) is 8.82. The van der Waals surface area contributed by atoms with Crippen molar-refractivity contribution >= 4 is 39.3 Å². The van der Waals surface area contributed by atoms with Crippen LogP contribution in [0.4, 0.5) is 5.82 Å². The third-order valence-electron chi connectivity index (χ3n) is 2.18. The van der Waals surface area contributed by atoms with Gasteiger partial charge in [-0.25, -0.2) is 14.8 Å². The lowest BCUT2D eigenvalue weighted by molar-refractivity contribution is 0.0690. The normalized spacial score (nSPS) is 10.3. The number of hydrogen-bond acceptors (Lipinski definition) is 4. The van der Waals surface area contributed by atoms with E-state index in [1.54, 1.807) is 24.3 Å². The molecule has 0 atom stereocenters. The van der Waals surface area contributed by atoms with E-state index in [1.165, 1.54) is 0 Å². The molecular weight excluding hydrogens is 321 g/mol. The Balaban J connectivity index is 2.59. The number of halogens is 2. The van der Waals surface area contributed by atoms with Crippen molar-refractivity contribution in [3.05, 3.63) is 39.5 Å². The van der Waals surface area contributed by atoms with Crippen molar-refractivity contribution in [1.82, 2.24) is 9.97 Å². The Kier molecular flexibility index (Phi) is 3.49. The third kappa shape index (κ3) is 2.44. The molecule has 0 aliphatic rings. The maximum Gasteiger partial charge on any atom is 0.356 e. The lowest BCUT2D eigenvalue weighted by Crippen LogP contribution is -2.07. The summed E-state index contributed by atoms with van der Waals surface area (Å²) < 4.78 is 0.895. The molecule has 18 heavy (non-hydrogen) atoms. The van der Waals surface area contributed by atoms with Crippen LogP contribution >= 0.6 is 27.5 Å². The van der Waals surface area contributed by atoms with Crippen LogP contribution in [0.1, 0.15) is 10.5 Å². The third-order valence-corrected chi connectivity index (χ3v) is 3.08. The Morgan fingerprint density at radius 1 is 1.28 bits per heavy atom.